The molecule has 0 bridgehead atoms. The van der Waals surface area contributed by atoms with Crippen molar-refractivity contribution in [1.82, 2.24) is 9.97 Å². The Labute approximate surface area is 121 Å². The van der Waals surface area contributed by atoms with Crippen LogP contribution in [0.15, 0.2) is 18.2 Å². The predicted molar refractivity (Wildman–Crippen MR) is 79.4 cm³/mol. The van der Waals surface area contributed by atoms with Gasteiger partial charge in [-0.15, -0.1) is 0 Å². The van der Waals surface area contributed by atoms with E-state index in [1.54, 1.807) is 6.07 Å². The number of nitro benzene ring substituents is 1. The van der Waals surface area contributed by atoms with Gasteiger partial charge in [0, 0.05) is 24.8 Å². The number of aromatic amines is 1. The van der Waals surface area contributed by atoms with Crippen molar-refractivity contribution in [2.24, 2.45) is 0 Å². The summed E-state index contributed by atoms with van der Waals surface area (Å²) in [6.45, 7) is 4.86. The van der Waals surface area contributed by atoms with Crippen LogP contribution in [0, 0.1) is 10.1 Å². The second-order valence-corrected chi connectivity index (χ2v) is 5.99. The van der Waals surface area contributed by atoms with Crippen LogP contribution < -0.4 is 5.32 Å². The Kier molecular flexibility index (Phi) is 3.29. The Morgan fingerprint density at radius 3 is 3.05 bits per heavy atom. The fourth-order valence-electron chi connectivity index (χ4n) is 2.73. The molecule has 21 heavy (non-hydrogen) atoms. The van der Waals surface area contributed by atoms with Crippen LogP contribution in [0.2, 0.25) is 0 Å². The van der Waals surface area contributed by atoms with E-state index in [9.17, 15) is 10.1 Å². The summed E-state index contributed by atoms with van der Waals surface area (Å²) in [6, 6.07) is 4.90. The van der Waals surface area contributed by atoms with Gasteiger partial charge in [-0.3, -0.25) is 10.1 Å². The summed E-state index contributed by atoms with van der Waals surface area (Å²) in [5.41, 5.74) is 1.30. The third-order valence-electron chi connectivity index (χ3n) is 3.71. The van der Waals surface area contributed by atoms with Crippen LogP contribution in [0.1, 0.15) is 26.7 Å². The number of H-pyrrole nitrogens is 1. The molecule has 2 aromatic rings. The molecule has 1 aromatic heterocycles. The van der Waals surface area contributed by atoms with E-state index in [1.165, 1.54) is 12.1 Å². The fraction of sp³-hybridized carbons (Fsp3) is 0.500. The number of anilines is 1. The first-order valence-electron chi connectivity index (χ1n) is 6.98. The lowest BCUT2D eigenvalue weighted by molar-refractivity contribution is -0.384. The highest BCUT2D eigenvalue weighted by atomic mass is 16.6. The summed E-state index contributed by atoms with van der Waals surface area (Å²) in [7, 11) is 0. The number of non-ortho nitro benzene ring substituents is 1. The van der Waals surface area contributed by atoms with Crippen LogP contribution in [0.5, 0.6) is 0 Å². The Balaban J connectivity index is 1.80. The molecule has 112 valence electrons. The average molecular weight is 290 g/mol. The number of fused-ring (bicyclic) bond motifs is 1. The molecule has 1 atom stereocenters. The number of nitrogens with one attached hydrogen (secondary N) is 2. The summed E-state index contributed by atoms with van der Waals surface area (Å²) in [4.78, 5) is 17.9. The quantitative estimate of drug-likeness (QED) is 0.669. The van der Waals surface area contributed by atoms with E-state index < -0.39 is 4.92 Å². The molecular weight excluding hydrogens is 272 g/mol. The Bertz CT molecular complexity index is 680. The molecule has 3 rings (SSSR count). The topological polar surface area (TPSA) is 93.1 Å². The molecule has 1 fully saturated rings. The lowest BCUT2D eigenvalue weighted by atomic mass is 9.94. The van der Waals surface area contributed by atoms with E-state index >= 15 is 0 Å². The minimum absolute atomic E-state index is 0.0601. The van der Waals surface area contributed by atoms with Gasteiger partial charge in [0.05, 0.1) is 21.6 Å². The summed E-state index contributed by atoms with van der Waals surface area (Å²) < 4.78 is 5.69. The molecule has 1 aliphatic heterocycles. The van der Waals surface area contributed by atoms with E-state index in [1.807, 2.05) is 0 Å². The maximum atomic E-state index is 10.8. The predicted octanol–water partition coefficient (Wildman–Crippen LogP) is 2.84. The van der Waals surface area contributed by atoms with Gasteiger partial charge in [0.2, 0.25) is 5.95 Å². The average Bonchev–Trinajstić information content (AvgIpc) is 2.78. The molecule has 0 amide bonds. The number of ether oxygens (including phenoxy) is 1. The molecule has 2 heterocycles. The van der Waals surface area contributed by atoms with Crippen LogP contribution in [-0.2, 0) is 4.74 Å². The maximum absolute atomic E-state index is 10.8. The lowest BCUT2D eigenvalue weighted by Crippen LogP contribution is -2.40. The molecule has 1 aliphatic rings. The third kappa shape index (κ3) is 2.97. The van der Waals surface area contributed by atoms with E-state index in [0.717, 1.165) is 25.0 Å². The van der Waals surface area contributed by atoms with Crippen molar-refractivity contribution in [3.8, 4) is 0 Å². The zero-order valence-electron chi connectivity index (χ0n) is 12.0. The van der Waals surface area contributed by atoms with Gasteiger partial charge in [-0.05, 0) is 32.8 Å². The van der Waals surface area contributed by atoms with Gasteiger partial charge in [0.25, 0.3) is 5.69 Å². The Hall–Kier alpha value is -2.15. The summed E-state index contributed by atoms with van der Waals surface area (Å²) >= 11 is 0. The van der Waals surface area contributed by atoms with Gasteiger partial charge < -0.3 is 15.0 Å². The number of benzene rings is 1. The molecule has 0 spiro atoms. The van der Waals surface area contributed by atoms with Crippen LogP contribution in [0.4, 0.5) is 11.6 Å². The minimum atomic E-state index is -0.408. The number of nitrogens with zero attached hydrogens (tertiary/aromatic N) is 2. The highest BCUT2D eigenvalue weighted by molar-refractivity contribution is 5.79. The second kappa shape index (κ2) is 5.00. The van der Waals surface area contributed by atoms with Crippen molar-refractivity contribution in [3.63, 3.8) is 0 Å². The van der Waals surface area contributed by atoms with Gasteiger partial charge >= 0.3 is 0 Å². The number of hydrogen-bond acceptors (Lipinski definition) is 5. The van der Waals surface area contributed by atoms with Crippen molar-refractivity contribution >= 4 is 22.7 Å². The fourth-order valence-corrected chi connectivity index (χ4v) is 2.73. The molecule has 7 nitrogen and oxygen atoms in total. The molecule has 1 saturated heterocycles. The first-order valence-corrected chi connectivity index (χ1v) is 6.98. The first kappa shape index (κ1) is 13.8. The van der Waals surface area contributed by atoms with Gasteiger partial charge in [0.1, 0.15) is 0 Å². The van der Waals surface area contributed by atoms with Gasteiger partial charge in [-0.2, -0.15) is 0 Å². The van der Waals surface area contributed by atoms with Crippen molar-refractivity contribution < 1.29 is 9.66 Å². The standard InChI is InChI=1S/C14H18N4O3/c1-14(2)8-9(5-6-21-14)15-13-16-11-4-3-10(18(19)20)7-12(11)17-13/h3-4,7,9H,5-6,8H2,1-2H3,(H2,15,16,17). The number of rotatable bonds is 3. The number of nitro groups is 1. The third-order valence-corrected chi connectivity index (χ3v) is 3.71. The smallest absolute Gasteiger partial charge is 0.271 e. The highest BCUT2D eigenvalue weighted by Crippen LogP contribution is 2.27. The van der Waals surface area contributed by atoms with Crippen molar-refractivity contribution in [2.45, 2.75) is 38.3 Å². The van der Waals surface area contributed by atoms with Gasteiger partial charge in [0.15, 0.2) is 0 Å². The lowest BCUT2D eigenvalue weighted by Gasteiger charge is -2.35. The molecule has 2 N–H and O–H groups in total. The van der Waals surface area contributed by atoms with E-state index in [4.69, 9.17) is 4.74 Å². The Morgan fingerprint density at radius 2 is 2.33 bits per heavy atom. The maximum Gasteiger partial charge on any atom is 0.271 e. The SMILES string of the molecule is CC1(C)CC(Nc2nc3ccc([N+](=O)[O-])cc3[nH]2)CCO1. The normalized spacial score (nSPS) is 21.3. The monoisotopic (exact) mass is 290 g/mol. The van der Waals surface area contributed by atoms with E-state index in [2.05, 4.69) is 29.1 Å². The zero-order valence-corrected chi connectivity index (χ0v) is 12.0. The van der Waals surface area contributed by atoms with E-state index in [-0.39, 0.29) is 17.3 Å². The van der Waals surface area contributed by atoms with Crippen molar-refractivity contribution in [1.29, 1.82) is 0 Å². The molecule has 0 saturated carbocycles. The Morgan fingerprint density at radius 1 is 1.52 bits per heavy atom. The second-order valence-electron chi connectivity index (χ2n) is 5.99. The zero-order chi connectivity index (χ0) is 15.0. The molecule has 7 heteroatoms. The van der Waals surface area contributed by atoms with Crippen LogP contribution in [0.3, 0.4) is 0 Å². The van der Waals surface area contributed by atoms with Crippen LogP contribution >= 0.6 is 0 Å². The van der Waals surface area contributed by atoms with Crippen molar-refractivity contribution in [2.75, 3.05) is 11.9 Å². The van der Waals surface area contributed by atoms with Gasteiger partial charge in [-0.25, -0.2) is 4.98 Å². The van der Waals surface area contributed by atoms with Crippen LogP contribution in [-0.4, -0.2) is 33.1 Å². The van der Waals surface area contributed by atoms with Gasteiger partial charge in [-0.1, -0.05) is 0 Å². The number of imidazole rings is 1. The molecule has 1 aromatic carbocycles. The summed E-state index contributed by atoms with van der Waals surface area (Å²) in [5, 5.41) is 14.1. The summed E-state index contributed by atoms with van der Waals surface area (Å²) in [5.74, 6) is 0.646. The number of hydrogen-bond donors (Lipinski definition) is 2. The molecule has 0 radical (unpaired) electrons. The summed E-state index contributed by atoms with van der Waals surface area (Å²) in [6.07, 6.45) is 1.81. The van der Waals surface area contributed by atoms with Crippen molar-refractivity contribution in [3.05, 3.63) is 28.3 Å². The molecule has 1 unspecified atom stereocenters. The first-order chi connectivity index (χ1) is 9.93. The highest BCUT2D eigenvalue weighted by Gasteiger charge is 2.29. The molecule has 0 aliphatic carbocycles. The largest absolute Gasteiger partial charge is 0.375 e. The number of aromatic nitrogens is 2. The molecular formula is C14H18N4O3. The minimum Gasteiger partial charge on any atom is -0.375 e. The van der Waals surface area contributed by atoms with Crippen LogP contribution in [0.25, 0.3) is 11.0 Å². The van der Waals surface area contributed by atoms with E-state index in [0.29, 0.717) is 11.5 Å².